The Morgan fingerprint density at radius 3 is 2.14 bits per heavy atom. The first kappa shape index (κ1) is 34.9. The van der Waals surface area contributed by atoms with Gasteiger partial charge in [-0.3, -0.25) is 4.98 Å². The first-order valence-corrected chi connectivity index (χ1v) is 24.9. The van der Waals surface area contributed by atoms with Crippen LogP contribution in [-0.2, 0) is 20.1 Å². The Balaban J connectivity index is 0.000000245. The van der Waals surface area contributed by atoms with E-state index in [2.05, 4.69) is 88.9 Å². The fraction of sp³-hybridized carbons (Fsp3) is 0.250. The maximum absolute atomic E-state index is 8.70. The first-order chi connectivity index (χ1) is 24.0. The first-order valence-electron chi connectivity index (χ1n) is 17.8. The molecule has 4 heterocycles. The smallest absolute Gasteiger partial charge is 0.0705 e. The van der Waals surface area contributed by atoms with Crippen LogP contribution < -0.4 is 4.40 Å². The van der Waals surface area contributed by atoms with Crippen LogP contribution in [0, 0.1) is 26.0 Å². The zero-order chi connectivity index (χ0) is 36.7. The molecular formula is C44H45GeIrN3S-2. The van der Waals surface area contributed by atoms with E-state index in [1.807, 2.05) is 83.1 Å². The number of rotatable bonds is 6. The molecule has 0 unspecified atom stereocenters. The van der Waals surface area contributed by atoms with Gasteiger partial charge in [0, 0.05) is 45.0 Å². The van der Waals surface area contributed by atoms with E-state index in [1.54, 1.807) is 17.5 Å². The van der Waals surface area contributed by atoms with Crippen LogP contribution in [0.2, 0.25) is 17.3 Å². The van der Waals surface area contributed by atoms with Gasteiger partial charge in [0.05, 0.1) is 5.69 Å². The van der Waals surface area contributed by atoms with E-state index in [-0.39, 0.29) is 20.1 Å². The van der Waals surface area contributed by atoms with Crippen molar-refractivity contribution in [2.75, 3.05) is 0 Å². The minimum atomic E-state index is -1.77. The average Bonchev–Trinajstić information content (AvgIpc) is 3.45. The number of nitrogens with zero attached hydrogens (tertiary/aromatic N) is 3. The van der Waals surface area contributed by atoms with Gasteiger partial charge < -0.3 is 4.98 Å². The Hall–Kier alpha value is -3.48. The van der Waals surface area contributed by atoms with Crippen molar-refractivity contribution in [1.29, 1.82) is 0 Å². The number of hydrogen-bond donors (Lipinski definition) is 0. The summed E-state index contributed by atoms with van der Waals surface area (Å²) in [5, 5.41) is 2.38. The second kappa shape index (κ2) is 15.8. The molecule has 0 aliphatic rings. The summed E-state index contributed by atoms with van der Waals surface area (Å²) in [7, 11) is 0. The van der Waals surface area contributed by atoms with Crippen molar-refractivity contribution < 1.29 is 22.8 Å². The fourth-order valence-electron chi connectivity index (χ4n) is 6.24. The summed E-state index contributed by atoms with van der Waals surface area (Å²) in [4.78, 5) is 14.0. The second-order valence-corrected chi connectivity index (χ2v) is 25.7. The number of benzene rings is 3. The van der Waals surface area contributed by atoms with Crippen molar-refractivity contribution in [2.24, 2.45) is 0 Å². The summed E-state index contributed by atoms with van der Waals surface area (Å²) in [5.74, 6) is 5.54. The molecular weight excluding hydrogens is 867 g/mol. The molecule has 0 amide bonds. The van der Waals surface area contributed by atoms with Crippen molar-refractivity contribution in [1.82, 2.24) is 15.0 Å². The largest absolute Gasteiger partial charge is 0.304 e. The van der Waals surface area contributed by atoms with Crippen LogP contribution in [0.15, 0.2) is 97.3 Å². The number of aryl methyl sites for hydroxylation is 2. The van der Waals surface area contributed by atoms with Gasteiger partial charge >= 0.3 is 106 Å². The van der Waals surface area contributed by atoms with Gasteiger partial charge in [0.2, 0.25) is 0 Å². The van der Waals surface area contributed by atoms with Gasteiger partial charge in [0.25, 0.3) is 0 Å². The molecule has 1 radical (unpaired) electrons. The van der Waals surface area contributed by atoms with E-state index in [0.717, 1.165) is 55.3 Å². The predicted octanol–water partition coefficient (Wildman–Crippen LogP) is 11.9. The Morgan fingerprint density at radius 2 is 1.48 bits per heavy atom. The molecule has 7 aromatic rings. The maximum Gasteiger partial charge on any atom is 0.0705 e. The number of thiophene rings is 1. The molecule has 0 aliphatic carbocycles. The van der Waals surface area contributed by atoms with Crippen molar-refractivity contribution in [3.05, 3.63) is 132 Å². The zero-order valence-corrected chi connectivity index (χ0v) is 35.6. The number of fused-ring (bicyclic) bond motifs is 3. The minimum absolute atomic E-state index is 0. The molecule has 0 aliphatic heterocycles. The molecule has 7 rings (SSSR count). The molecule has 0 bridgehead atoms. The predicted molar refractivity (Wildman–Crippen MR) is 214 cm³/mol. The maximum atomic E-state index is 8.70. The normalized spacial score (nSPS) is 12.5. The Bertz CT molecular complexity index is 2350. The summed E-state index contributed by atoms with van der Waals surface area (Å²) in [6.45, 7) is 11.6. The van der Waals surface area contributed by atoms with Crippen molar-refractivity contribution >= 4 is 49.2 Å². The van der Waals surface area contributed by atoms with E-state index in [9.17, 15) is 0 Å². The standard InChI is InChI=1S/C29H27N2S.C15H18GeN.Ir/c1-17(2)24-15-27(30-16-25(24)18(3)4)23-10-7-9-22-21-13-12-20(14-28(21)32-29(22)23)26-11-6-8-19(5)31-26;1-12-10-15(13-8-6-5-7-9-13)17-11-14(12)16(2,3)4;/h6-9,11-18H,1-5H3;5-8,10-11H,1-4H3;/q2*-1;/i17D,18D;;. The Morgan fingerprint density at radius 1 is 0.720 bits per heavy atom. The zero-order valence-electron chi connectivity index (χ0n) is 32.3. The van der Waals surface area contributed by atoms with Gasteiger partial charge in [0.1, 0.15) is 0 Å². The Labute approximate surface area is 321 Å². The van der Waals surface area contributed by atoms with Crippen LogP contribution in [0.1, 0.15) is 64.6 Å². The molecule has 0 fully saturated rings. The summed E-state index contributed by atoms with van der Waals surface area (Å²) in [6, 6.07) is 35.5. The SMILES string of the molecule is Cc1cc(-c2[c-]cccc2)nc[c]1[Ge]([CH3])([CH3])[CH3].[2H]C(C)(C)c1cnc(-c2[c-]ccc3c2sc2cc(-c4cccc(C)n4)ccc23)cc1C([2H])(C)C.[Ir]. The quantitative estimate of drug-likeness (QED) is 0.123. The number of pyridine rings is 3. The van der Waals surface area contributed by atoms with Crippen LogP contribution in [0.25, 0.3) is 53.9 Å². The van der Waals surface area contributed by atoms with Crippen molar-refractivity contribution in [3.8, 4) is 33.8 Å². The summed E-state index contributed by atoms with van der Waals surface area (Å²) < 4.78 is 21.1. The molecule has 257 valence electrons. The third kappa shape index (κ3) is 8.18. The number of hydrogen-bond acceptors (Lipinski definition) is 4. The van der Waals surface area contributed by atoms with Gasteiger partial charge in [-0.1, -0.05) is 57.3 Å². The van der Waals surface area contributed by atoms with Crippen molar-refractivity contribution in [3.63, 3.8) is 0 Å². The molecule has 3 aromatic carbocycles. The van der Waals surface area contributed by atoms with E-state index < -0.39 is 25.1 Å². The number of aromatic nitrogens is 3. The molecule has 0 saturated heterocycles. The van der Waals surface area contributed by atoms with Gasteiger partial charge in [-0.05, 0) is 63.8 Å². The fourth-order valence-corrected chi connectivity index (χ4v) is 11.1. The van der Waals surface area contributed by atoms with E-state index in [1.165, 1.54) is 25.4 Å². The summed E-state index contributed by atoms with van der Waals surface area (Å²) in [5.41, 5.74) is 9.91. The monoisotopic (exact) mass is 916 g/mol. The topological polar surface area (TPSA) is 38.7 Å². The van der Waals surface area contributed by atoms with Crippen LogP contribution >= 0.6 is 11.3 Å². The van der Waals surface area contributed by atoms with Crippen LogP contribution in [-0.4, -0.2) is 28.2 Å². The molecule has 3 nitrogen and oxygen atoms in total. The van der Waals surface area contributed by atoms with Gasteiger partial charge in [-0.25, -0.2) is 0 Å². The van der Waals surface area contributed by atoms with Crippen LogP contribution in [0.3, 0.4) is 0 Å². The molecule has 6 heteroatoms. The molecule has 4 aromatic heterocycles. The van der Waals surface area contributed by atoms with Gasteiger partial charge in [0.15, 0.2) is 0 Å². The van der Waals surface area contributed by atoms with Crippen LogP contribution in [0.4, 0.5) is 0 Å². The molecule has 0 saturated carbocycles. The van der Waals surface area contributed by atoms with Crippen LogP contribution in [0.5, 0.6) is 0 Å². The van der Waals surface area contributed by atoms with Crippen molar-refractivity contribution in [2.45, 2.75) is 70.6 Å². The summed E-state index contributed by atoms with van der Waals surface area (Å²) in [6.07, 6.45) is 3.85. The molecule has 0 spiro atoms. The second-order valence-electron chi connectivity index (χ2n) is 14.1. The van der Waals surface area contributed by atoms with E-state index >= 15 is 0 Å². The third-order valence-electron chi connectivity index (χ3n) is 8.76. The third-order valence-corrected chi connectivity index (χ3v) is 14.4. The summed E-state index contributed by atoms with van der Waals surface area (Å²) >= 11 is -0.0363. The molecule has 0 N–H and O–H groups in total. The van der Waals surface area contributed by atoms with E-state index in [4.69, 9.17) is 7.73 Å². The molecule has 0 atom stereocenters. The Kier molecular flexibility index (Phi) is 11.1. The van der Waals surface area contributed by atoms with Gasteiger partial charge in [-0.2, -0.15) is 11.3 Å². The average molecular weight is 915 g/mol. The van der Waals surface area contributed by atoms with Gasteiger partial charge in [-0.15, -0.1) is 23.8 Å². The molecule has 50 heavy (non-hydrogen) atoms. The van der Waals surface area contributed by atoms with E-state index in [0.29, 0.717) is 0 Å². The minimum Gasteiger partial charge on any atom is -0.304 e.